The molecule has 0 saturated heterocycles. The van der Waals surface area contributed by atoms with Gasteiger partial charge >= 0.3 is 17.6 Å². The number of carbonyl (C=O) groups excluding carboxylic acids is 2. The van der Waals surface area contributed by atoms with E-state index in [2.05, 4.69) is 25.8 Å². The molecule has 0 amide bonds. The van der Waals surface area contributed by atoms with E-state index in [0.29, 0.717) is 29.9 Å². The van der Waals surface area contributed by atoms with Crippen LogP contribution in [0.15, 0.2) is 39.8 Å². The van der Waals surface area contributed by atoms with Gasteiger partial charge in [-0.05, 0) is 62.5 Å². The highest BCUT2D eigenvalue weighted by Crippen LogP contribution is 2.65. The quantitative estimate of drug-likeness (QED) is 0.545. The fourth-order valence-corrected chi connectivity index (χ4v) is 7.60. The number of hydrogen-bond acceptors (Lipinski definition) is 8. The van der Waals surface area contributed by atoms with Crippen LogP contribution in [0.3, 0.4) is 0 Å². The maximum absolute atomic E-state index is 13.2. The smallest absolute Gasteiger partial charge is 0.343 e. The molecule has 2 aliphatic carbocycles. The van der Waals surface area contributed by atoms with Crippen molar-refractivity contribution in [1.29, 1.82) is 0 Å². The van der Waals surface area contributed by atoms with Crippen LogP contribution in [0.5, 0.6) is 5.75 Å². The number of pyridine rings is 1. The zero-order valence-electron chi connectivity index (χ0n) is 22.2. The Morgan fingerprint density at radius 3 is 2.57 bits per heavy atom. The van der Waals surface area contributed by atoms with E-state index in [9.17, 15) is 14.4 Å². The van der Waals surface area contributed by atoms with Crippen molar-refractivity contribution in [2.24, 2.45) is 22.7 Å². The Kier molecular flexibility index (Phi) is 6.20. The summed E-state index contributed by atoms with van der Waals surface area (Å²) < 4.78 is 23.8. The zero-order valence-corrected chi connectivity index (χ0v) is 22.2. The molecule has 8 heteroatoms. The lowest BCUT2D eigenvalue weighted by atomic mass is 9.43. The second kappa shape index (κ2) is 8.99. The Balaban J connectivity index is 1.53. The van der Waals surface area contributed by atoms with Gasteiger partial charge in [0.15, 0.2) is 0 Å². The van der Waals surface area contributed by atoms with Gasteiger partial charge in [-0.25, -0.2) is 4.79 Å². The maximum atomic E-state index is 13.2. The third-order valence-corrected chi connectivity index (χ3v) is 9.34. The highest BCUT2D eigenvalue weighted by atomic mass is 16.6. The summed E-state index contributed by atoms with van der Waals surface area (Å²) in [6.07, 6.45) is 6.57. The monoisotopic (exact) mass is 509 g/mol. The molecular formula is C29H35NO7. The van der Waals surface area contributed by atoms with E-state index < -0.39 is 11.0 Å². The second-order valence-corrected chi connectivity index (χ2v) is 11.7. The summed E-state index contributed by atoms with van der Waals surface area (Å²) >= 11 is 0. The van der Waals surface area contributed by atoms with Crippen LogP contribution in [0.4, 0.5) is 0 Å². The molecular weight excluding hydrogens is 474 g/mol. The number of carbonyl (C=O) groups is 2. The fraction of sp³-hybridized carbons (Fsp3) is 0.586. The van der Waals surface area contributed by atoms with Gasteiger partial charge in [-0.15, -0.1) is 0 Å². The molecule has 198 valence electrons. The molecule has 6 atom stereocenters. The SMILES string of the molecule is CC(=O)OCC1(C)C2CC[C@@]3(C)Oc4cc(-c5cccnc5)oc(=O)c4CC3[C@@]2(C)CC[C@@H]1OC(C)=O. The van der Waals surface area contributed by atoms with Gasteiger partial charge < -0.3 is 18.6 Å². The second-order valence-electron chi connectivity index (χ2n) is 11.7. The third-order valence-electron chi connectivity index (χ3n) is 9.34. The number of nitrogens with zero attached hydrogens (tertiary/aromatic N) is 1. The minimum Gasteiger partial charge on any atom is -0.487 e. The molecule has 8 nitrogen and oxygen atoms in total. The fourth-order valence-electron chi connectivity index (χ4n) is 7.60. The van der Waals surface area contributed by atoms with Crippen LogP contribution in [0, 0.1) is 22.7 Å². The first-order valence-electron chi connectivity index (χ1n) is 13.0. The maximum Gasteiger partial charge on any atom is 0.343 e. The first-order valence-corrected chi connectivity index (χ1v) is 13.0. The van der Waals surface area contributed by atoms with Crippen LogP contribution in [-0.4, -0.2) is 35.2 Å². The largest absolute Gasteiger partial charge is 0.487 e. The standard InChI is InChI=1S/C29H35NO7/c1-17(31)34-16-28(4)23-8-11-29(5)24(27(23,3)10-9-25(28)35-18(2)32)13-20-22(37-29)14-21(36-26(20)33)19-7-6-12-30-15-19/h6-7,12,14-15,23-25H,8-11,13,16H2,1-5H3/t23?,24?,25-,27-,28?,29+/m0/s1. The van der Waals surface area contributed by atoms with E-state index in [0.717, 1.165) is 24.8 Å². The van der Waals surface area contributed by atoms with Crippen molar-refractivity contribution < 1.29 is 28.2 Å². The van der Waals surface area contributed by atoms with Gasteiger partial charge in [0.05, 0.1) is 5.56 Å². The number of ether oxygens (including phenoxy) is 3. The van der Waals surface area contributed by atoms with Gasteiger partial charge in [0.25, 0.3) is 0 Å². The normalized spacial score (nSPS) is 34.2. The van der Waals surface area contributed by atoms with Crippen molar-refractivity contribution >= 4 is 11.9 Å². The first kappa shape index (κ1) is 25.5. The van der Waals surface area contributed by atoms with E-state index in [4.69, 9.17) is 18.6 Å². The van der Waals surface area contributed by atoms with Crippen molar-refractivity contribution in [2.75, 3.05) is 6.61 Å². The van der Waals surface area contributed by atoms with Gasteiger partial charge in [0, 0.05) is 49.2 Å². The molecule has 2 fully saturated rings. The van der Waals surface area contributed by atoms with Gasteiger partial charge in [-0.1, -0.05) is 13.8 Å². The Bertz CT molecular complexity index is 1270. The summed E-state index contributed by atoms with van der Waals surface area (Å²) in [5.74, 6) is 0.463. The number of rotatable bonds is 4. The van der Waals surface area contributed by atoms with Gasteiger partial charge in [0.1, 0.15) is 29.8 Å². The van der Waals surface area contributed by atoms with Gasteiger partial charge in [-0.3, -0.25) is 14.6 Å². The van der Waals surface area contributed by atoms with E-state index in [-0.39, 0.29) is 47.5 Å². The van der Waals surface area contributed by atoms with E-state index in [1.165, 1.54) is 13.8 Å². The Morgan fingerprint density at radius 1 is 1.11 bits per heavy atom. The number of esters is 2. The molecule has 37 heavy (non-hydrogen) atoms. The minimum atomic E-state index is -0.555. The van der Waals surface area contributed by atoms with Crippen molar-refractivity contribution in [2.45, 2.75) is 78.4 Å². The summed E-state index contributed by atoms with van der Waals surface area (Å²) in [4.78, 5) is 41.1. The Morgan fingerprint density at radius 2 is 1.89 bits per heavy atom. The molecule has 0 radical (unpaired) electrons. The summed E-state index contributed by atoms with van der Waals surface area (Å²) in [5, 5.41) is 0. The third kappa shape index (κ3) is 4.24. The van der Waals surface area contributed by atoms with Crippen molar-refractivity contribution in [3.8, 4) is 17.1 Å². The first-order chi connectivity index (χ1) is 17.5. The highest BCUT2D eigenvalue weighted by molar-refractivity contribution is 5.67. The molecule has 2 aromatic heterocycles. The lowest BCUT2D eigenvalue weighted by Gasteiger charge is -2.64. The molecule has 1 aliphatic heterocycles. The number of aromatic nitrogens is 1. The van der Waals surface area contributed by atoms with Gasteiger partial charge in [-0.2, -0.15) is 0 Å². The van der Waals surface area contributed by atoms with Crippen LogP contribution in [-0.2, 0) is 25.5 Å². The lowest BCUT2D eigenvalue weighted by molar-refractivity contribution is -0.219. The average Bonchev–Trinajstić information content (AvgIpc) is 2.84. The minimum absolute atomic E-state index is 0.0355. The van der Waals surface area contributed by atoms with Crippen LogP contribution in [0.1, 0.15) is 65.9 Å². The molecule has 3 heterocycles. The topological polar surface area (TPSA) is 105 Å². The summed E-state index contributed by atoms with van der Waals surface area (Å²) in [7, 11) is 0. The van der Waals surface area contributed by atoms with E-state index in [1.54, 1.807) is 18.5 Å². The van der Waals surface area contributed by atoms with Crippen LogP contribution >= 0.6 is 0 Å². The van der Waals surface area contributed by atoms with Crippen LogP contribution in [0.25, 0.3) is 11.3 Å². The van der Waals surface area contributed by atoms with Crippen molar-refractivity contribution in [1.82, 2.24) is 4.98 Å². The number of hydrogen-bond donors (Lipinski definition) is 0. The van der Waals surface area contributed by atoms with E-state index in [1.807, 2.05) is 12.1 Å². The zero-order chi connectivity index (χ0) is 26.6. The number of fused-ring (bicyclic) bond motifs is 4. The Labute approximate surface area is 216 Å². The van der Waals surface area contributed by atoms with Crippen molar-refractivity contribution in [3.05, 3.63) is 46.6 Å². The summed E-state index contributed by atoms with van der Waals surface area (Å²) in [6, 6.07) is 5.46. The molecule has 2 aromatic rings. The predicted molar refractivity (Wildman–Crippen MR) is 135 cm³/mol. The molecule has 5 rings (SSSR count). The molecule has 0 aromatic carbocycles. The summed E-state index contributed by atoms with van der Waals surface area (Å²) in [5.41, 5.74) is -0.375. The highest BCUT2D eigenvalue weighted by Gasteiger charge is 2.65. The average molecular weight is 510 g/mol. The molecule has 3 unspecified atom stereocenters. The molecule has 0 spiro atoms. The molecule has 0 N–H and O–H groups in total. The van der Waals surface area contributed by atoms with Crippen LogP contribution < -0.4 is 10.4 Å². The predicted octanol–water partition coefficient (Wildman–Crippen LogP) is 4.72. The summed E-state index contributed by atoms with van der Waals surface area (Å²) in [6.45, 7) is 9.47. The van der Waals surface area contributed by atoms with Crippen molar-refractivity contribution in [3.63, 3.8) is 0 Å². The molecule has 3 aliphatic rings. The molecule has 2 saturated carbocycles. The Hall–Kier alpha value is -3.16. The van der Waals surface area contributed by atoms with Gasteiger partial charge in [0.2, 0.25) is 0 Å². The lowest BCUT2D eigenvalue weighted by Crippen LogP contribution is -2.65. The molecule has 0 bridgehead atoms. The van der Waals surface area contributed by atoms with E-state index >= 15 is 0 Å². The van der Waals surface area contributed by atoms with Crippen LogP contribution in [0.2, 0.25) is 0 Å².